The normalized spacial score (nSPS) is 12.9. The van der Waals surface area contributed by atoms with E-state index in [-0.39, 0.29) is 5.56 Å². The molecule has 0 amide bonds. The maximum absolute atomic E-state index is 13.7. The van der Waals surface area contributed by atoms with E-state index < -0.39 is 11.6 Å². The molecule has 0 bridgehead atoms. The molecule has 1 N–H and O–H groups in total. The van der Waals surface area contributed by atoms with Crippen molar-refractivity contribution in [2.45, 2.75) is 58.8 Å². The Hall–Kier alpha value is -3.75. The van der Waals surface area contributed by atoms with Crippen LogP contribution in [0.4, 0.5) is 0 Å². The molecule has 2 aromatic carbocycles. The average molecular weight is 531 g/mol. The SMILES string of the molecule is CCc1ccc2[nH]c(=O)c([C@@H](c3nnnn3C(C)(C)C)N(Cc3ccco3)Cc3ccccc3Cl)cc2c1. The summed E-state index contributed by atoms with van der Waals surface area (Å²) < 4.78 is 7.53. The first-order valence-electron chi connectivity index (χ1n) is 12.7. The smallest absolute Gasteiger partial charge is 0.253 e. The fraction of sp³-hybridized carbons (Fsp3) is 0.310. The van der Waals surface area contributed by atoms with Gasteiger partial charge >= 0.3 is 0 Å². The van der Waals surface area contributed by atoms with Crippen LogP contribution in [0, 0.1) is 0 Å². The van der Waals surface area contributed by atoms with Crippen LogP contribution in [0.1, 0.15) is 62.0 Å². The van der Waals surface area contributed by atoms with Gasteiger partial charge in [0.05, 0.1) is 18.3 Å². The highest BCUT2D eigenvalue weighted by atomic mass is 35.5. The zero-order chi connectivity index (χ0) is 26.9. The number of aromatic amines is 1. The molecule has 0 radical (unpaired) electrons. The molecule has 0 saturated carbocycles. The number of H-pyrrole nitrogens is 1. The fourth-order valence-electron chi connectivity index (χ4n) is 4.72. The molecule has 196 valence electrons. The Balaban J connectivity index is 1.74. The van der Waals surface area contributed by atoms with Crippen molar-refractivity contribution < 1.29 is 4.42 Å². The summed E-state index contributed by atoms with van der Waals surface area (Å²) in [4.78, 5) is 18.9. The minimum absolute atomic E-state index is 0.196. The number of pyridine rings is 1. The summed E-state index contributed by atoms with van der Waals surface area (Å²) in [7, 11) is 0. The summed E-state index contributed by atoms with van der Waals surface area (Å²) >= 11 is 6.61. The van der Waals surface area contributed by atoms with Gasteiger partial charge in [0.2, 0.25) is 0 Å². The topological polar surface area (TPSA) is 92.8 Å². The summed E-state index contributed by atoms with van der Waals surface area (Å²) in [5, 5.41) is 14.4. The third-order valence-corrected chi connectivity index (χ3v) is 7.02. The molecule has 0 spiro atoms. The fourth-order valence-corrected chi connectivity index (χ4v) is 4.92. The van der Waals surface area contributed by atoms with E-state index in [0.29, 0.717) is 29.5 Å². The number of benzene rings is 2. The van der Waals surface area contributed by atoms with Gasteiger partial charge in [0.1, 0.15) is 11.8 Å². The number of rotatable bonds is 8. The standard InChI is InChI=1S/C29H31ClN6O2/c1-5-19-12-13-25-21(15-19)16-23(28(37)31-25)26(27-32-33-34-36(27)29(2,3)4)35(18-22-10-8-14-38-22)17-20-9-6-7-11-24(20)30/h6-16,26H,5,17-18H2,1-4H3,(H,31,37)/t26-/m0/s1. The lowest BCUT2D eigenvalue weighted by atomic mass is 10.00. The van der Waals surface area contributed by atoms with Crippen LogP contribution in [0.15, 0.2) is 76.1 Å². The lowest BCUT2D eigenvalue weighted by Crippen LogP contribution is -2.37. The van der Waals surface area contributed by atoms with E-state index in [9.17, 15) is 4.79 Å². The van der Waals surface area contributed by atoms with Crippen LogP contribution in [0.3, 0.4) is 0 Å². The summed E-state index contributed by atoms with van der Waals surface area (Å²) in [5.41, 5.74) is 2.83. The highest BCUT2D eigenvalue weighted by Gasteiger charge is 2.34. The maximum Gasteiger partial charge on any atom is 0.253 e. The van der Waals surface area contributed by atoms with Crippen LogP contribution in [0.25, 0.3) is 10.9 Å². The van der Waals surface area contributed by atoms with Gasteiger partial charge in [-0.15, -0.1) is 5.10 Å². The van der Waals surface area contributed by atoms with Gasteiger partial charge in [0, 0.05) is 22.6 Å². The van der Waals surface area contributed by atoms with Gasteiger partial charge in [-0.25, -0.2) is 4.68 Å². The van der Waals surface area contributed by atoms with Crippen LogP contribution in [-0.2, 0) is 25.0 Å². The quantitative estimate of drug-likeness (QED) is 0.270. The van der Waals surface area contributed by atoms with Crippen molar-refractivity contribution in [1.82, 2.24) is 30.1 Å². The Bertz CT molecular complexity index is 1600. The van der Waals surface area contributed by atoms with Gasteiger partial charge in [0.25, 0.3) is 5.56 Å². The largest absolute Gasteiger partial charge is 0.468 e. The van der Waals surface area contributed by atoms with Gasteiger partial charge in [0.15, 0.2) is 5.82 Å². The molecule has 5 aromatic rings. The van der Waals surface area contributed by atoms with Gasteiger partial charge < -0.3 is 9.40 Å². The maximum atomic E-state index is 13.7. The molecule has 1 atom stereocenters. The molecule has 0 aliphatic heterocycles. The predicted molar refractivity (Wildman–Crippen MR) is 148 cm³/mol. The average Bonchev–Trinajstić information content (AvgIpc) is 3.58. The summed E-state index contributed by atoms with van der Waals surface area (Å²) in [6, 6.07) is 19.0. The lowest BCUT2D eigenvalue weighted by Gasteiger charge is -2.32. The van der Waals surface area contributed by atoms with Crippen LogP contribution < -0.4 is 5.56 Å². The Morgan fingerprint density at radius 3 is 2.61 bits per heavy atom. The van der Waals surface area contributed by atoms with Crippen molar-refractivity contribution in [2.75, 3.05) is 0 Å². The zero-order valence-corrected chi connectivity index (χ0v) is 22.7. The third kappa shape index (κ3) is 5.28. The summed E-state index contributed by atoms with van der Waals surface area (Å²) in [6.45, 7) is 9.07. The number of nitrogens with zero attached hydrogens (tertiary/aromatic N) is 5. The first-order valence-corrected chi connectivity index (χ1v) is 13.1. The second kappa shape index (κ2) is 10.6. The summed E-state index contributed by atoms with van der Waals surface area (Å²) in [6.07, 6.45) is 2.54. The molecule has 0 saturated heterocycles. The predicted octanol–water partition coefficient (Wildman–Crippen LogP) is 5.87. The van der Waals surface area contributed by atoms with Gasteiger partial charge in [-0.2, -0.15) is 0 Å². The highest BCUT2D eigenvalue weighted by Crippen LogP contribution is 2.33. The van der Waals surface area contributed by atoms with E-state index in [4.69, 9.17) is 16.0 Å². The summed E-state index contributed by atoms with van der Waals surface area (Å²) in [5.74, 6) is 1.31. The second-order valence-electron chi connectivity index (χ2n) is 10.4. The van der Waals surface area contributed by atoms with E-state index in [1.165, 1.54) is 5.56 Å². The number of nitrogens with one attached hydrogen (secondary N) is 1. The molecular formula is C29H31ClN6O2. The van der Waals surface area contributed by atoms with Crippen molar-refractivity contribution in [3.8, 4) is 0 Å². The molecular weight excluding hydrogens is 500 g/mol. The van der Waals surface area contributed by atoms with E-state index >= 15 is 0 Å². The lowest BCUT2D eigenvalue weighted by molar-refractivity contribution is 0.171. The molecule has 38 heavy (non-hydrogen) atoms. The highest BCUT2D eigenvalue weighted by molar-refractivity contribution is 6.31. The number of fused-ring (bicyclic) bond motifs is 1. The van der Waals surface area contributed by atoms with Crippen molar-refractivity contribution in [1.29, 1.82) is 0 Å². The number of aromatic nitrogens is 5. The van der Waals surface area contributed by atoms with E-state index in [1.807, 2.05) is 75.4 Å². The Kier molecular flexibility index (Phi) is 7.19. The van der Waals surface area contributed by atoms with Crippen LogP contribution in [0.2, 0.25) is 5.02 Å². The molecule has 3 heterocycles. The minimum Gasteiger partial charge on any atom is -0.468 e. The Morgan fingerprint density at radius 1 is 1.08 bits per heavy atom. The van der Waals surface area contributed by atoms with Crippen LogP contribution >= 0.6 is 11.6 Å². The van der Waals surface area contributed by atoms with E-state index in [1.54, 1.807) is 10.9 Å². The van der Waals surface area contributed by atoms with Crippen molar-refractivity contribution in [2.24, 2.45) is 0 Å². The van der Waals surface area contributed by atoms with Gasteiger partial charge in [-0.1, -0.05) is 42.8 Å². The first kappa shape index (κ1) is 25.9. The van der Waals surface area contributed by atoms with E-state index in [2.05, 4.69) is 38.4 Å². The molecule has 8 nitrogen and oxygen atoms in total. The monoisotopic (exact) mass is 530 g/mol. The van der Waals surface area contributed by atoms with Crippen molar-refractivity contribution in [3.63, 3.8) is 0 Å². The molecule has 0 unspecified atom stereocenters. The minimum atomic E-state index is -0.593. The molecule has 0 aliphatic rings. The number of hydrogen-bond acceptors (Lipinski definition) is 6. The number of halogens is 1. The van der Waals surface area contributed by atoms with Gasteiger partial charge in [-0.05, 0) is 90.5 Å². The van der Waals surface area contributed by atoms with Crippen molar-refractivity contribution >= 4 is 22.5 Å². The second-order valence-corrected chi connectivity index (χ2v) is 10.8. The Morgan fingerprint density at radius 2 is 1.89 bits per heavy atom. The van der Waals surface area contributed by atoms with E-state index in [0.717, 1.165) is 28.6 Å². The molecule has 0 aliphatic carbocycles. The first-order chi connectivity index (χ1) is 18.2. The van der Waals surface area contributed by atoms with Crippen molar-refractivity contribution in [3.05, 3.63) is 111 Å². The number of furan rings is 1. The molecule has 0 fully saturated rings. The zero-order valence-electron chi connectivity index (χ0n) is 22.0. The molecule has 5 rings (SSSR count). The van der Waals surface area contributed by atoms with Crippen LogP contribution in [-0.4, -0.2) is 30.1 Å². The molecule has 3 aromatic heterocycles. The Labute approximate surface area is 226 Å². The van der Waals surface area contributed by atoms with Gasteiger partial charge in [-0.3, -0.25) is 9.69 Å². The third-order valence-electron chi connectivity index (χ3n) is 6.65. The molecule has 9 heteroatoms. The van der Waals surface area contributed by atoms with Crippen LogP contribution in [0.5, 0.6) is 0 Å². The number of aryl methyl sites for hydroxylation is 1. The number of tetrazole rings is 1. The number of hydrogen-bond donors (Lipinski definition) is 1.